The van der Waals surface area contributed by atoms with Crippen molar-refractivity contribution in [1.82, 2.24) is 9.78 Å². The summed E-state index contributed by atoms with van der Waals surface area (Å²) in [4.78, 5) is 12.4. The van der Waals surface area contributed by atoms with Crippen LogP contribution in [-0.2, 0) is 16.9 Å². The molecule has 0 fully saturated rings. The number of nitriles is 1. The van der Waals surface area contributed by atoms with Crippen molar-refractivity contribution in [2.45, 2.75) is 25.5 Å². The predicted octanol–water partition coefficient (Wildman–Crippen LogP) is 1.01. The van der Waals surface area contributed by atoms with E-state index in [0.29, 0.717) is 11.4 Å². The molecule has 0 saturated heterocycles. The molecule has 0 saturated carbocycles. The van der Waals surface area contributed by atoms with Gasteiger partial charge in [-0.2, -0.15) is 10.4 Å². The van der Waals surface area contributed by atoms with E-state index >= 15 is 0 Å². The Morgan fingerprint density at radius 1 is 1.57 bits per heavy atom. The summed E-state index contributed by atoms with van der Waals surface area (Å²) >= 11 is 0. The summed E-state index contributed by atoms with van der Waals surface area (Å²) in [5, 5.41) is 26.4. The molecule has 1 aliphatic rings. The first-order valence-electron chi connectivity index (χ1n) is 6.93. The summed E-state index contributed by atoms with van der Waals surface area (Å²) in [6, 6.07) is 5.64. The largest absolute Gasteiger partial charge is 0.384 e. The molecule has 0 aliphatic carbocycles. The van der Waals surface area contributed by atoms with E-state index in [4.69, 9.17) is 11.0 Å². The number of hydrogen-bond donors (Lipinski definition) is 3. The van der Waals surface area contributed by atoms with Crippen LogP contribution in [-0.4, -0.2) is 20.8 Å². The molecule has 0 unspecified atom stereocenters. The second kappa shape index (κ2) is 5.07. The Balaban J connectivity index is 2.19. The minimum atomic E-state index is -2.11. The van der Waals surface area contributed by atoms with Crippen LogP contribution in [0.2, 0.25) is 0 Å². The Morgan fingerprint density at radius 2 is 2.30 bits per heavy atom. The van der Waals surface area contributed by atoms with E-state index in [0.717, 1.165) is 6.07 Å². The first kappa shape index (κ1) is 15.0. The Kier molecular flexibility index (Phi) is 3.30. The lowest BCUT2D eigenvalue weighted by molar-refractivity contribution is -0.129. The van der Waals surface area contributed by atoms with E-state index in [9.17, 15) is 14.3 Å². The molecule has 4 N–H and O–H groups in total. The number of carbonyl (C=O) groups excluding carboxylic acids is 1. The average molecular weight is 315 g/mol. The monoisotopic (exact) mass is 315 g/mol. The topological polar surface area (TPSA) is 117 Å². The van der Waals surface area contributed by atoms with Gasteiger partial charge in [0.25, 0.3) is 5.91 Å². The Bertz CT molecular complexity index is 854. The maximum Gasteiger partial charge on any atom is 0.266 e. The van der Waals surface area contributed by atoms with Crippen LogP contribution in [0.5, 0.6) is 0 Å². The number of aryl methyl sites for hydroxylation is 2. The number of aromatic nitrogens is 2. The third kappa shape index (κ3) is 2.05. The number of carbonyl (C=O) groups is 1. The molecule has 2 heterocycles. The maximum atomic E-state index is 13.6. The highest BCUT2D eigenvalue weighted by Gasteiger charge is 2.50. The Labute approximate surface area is 131 Å². The molecule has 2 aromatic rings. The molecule has 0 bridgehead atoms. The zero-order valence-corrected chi connectivity index (χ0v) is 12.3. The Morgan fingerprint density at radius 3 is 3.00 bits per heavy atom. The van der Waals surface area contributed by atoms with Crippen LogP contribution in [0.3, 0.4) is 0 Å². The van der Waals surface area contributed by atoms with Crippen LogP contribution < -0.4 is 11.1 Å². The minimum absolute atomic E-state index is 0.0764. The highest BCUT2D eigenvalue weighted by atomic mass is 19.1. The van der Waals surface area contributed by atoms with Crippen LogP contribution in [0.4, 0.5) is 15.9 Å². The number of nitrogen functional groups attached to an aromatic ring is 1. The van der Waals surface area contributed by atoms with Gasteiger partial charge in [0, 0.05) is 11.3 Å². The van der Waals surface area contributed by atoms with Crippen LogP contribution >= 0.6 is 0 Å². The lowest BCUT2D eigenvalue weighted by Crippen LogP contribution is -2.36. The zero-order valence-electron chi connectivity index (χ0n) is 12.3. The lowest BCUT2D eigenvalue weighted by Gasteiger charge is -2.21. The summed E-state index contributed by atoms with van der Waals surface area (Å²) in [7, 11) is 0. The summed E-state index contributed by atoms with van der Waals surface area (Å²) in [6.45, 7) is 1.83. The van der Waals surface area contributed by atoms with Crippen molar-refractivity contribution in [3.63, 3.8) is 0 Å². The number of nitrogens with two attached hydrogens (primary N) is 1. The first-order valence-corrected chi connectivity index (χ1v) is 6.93. The van der Waals surface area contributed by atoms with Gasteiger partial charge in [-0.05, 0) is 25.1 Å². The maximum absolute atomic E-state index is 13.6. The van der Waals surface area contributed by atoms with Crippen molar-refractivity contribution in [2.24, 2.45) is 0 Å². The van der Waals surface area contributed by atoms with Crippen molar-refractivity contribution >= 4 is 17.4 Å². The summed E-state index contributed by atoms with van der Waals surface area (Å²) in [5.41, 5.74) is 4.78. The van der Waals surface area contributed by atoms with Gasteiger partial charge in [-0.1, -0.05) is 0 Å². The van der Waals surface area contributed by atoms with Crippen LogP contribution in [0.15, 0.2) is 18.2 Å². The number of hydrogen-bond acceptors (Lipinski definition) is 5. The van der Waals surface area contributed by atoms with Gasteiger partial charge in [0.2, 0.25) is 5.60 Å². The summed E-state index contributed by atoms with van der Waals surface area (Å²) in [6.07, 6.45) is 0.181. The zero-order chi connectivity index (χ0) is 16.8. The summed E-state index contributed by atoms with van der Waals surface area (Å²) < 4.78 is 14.9. The van der Waals surface area contributed by atoms with E-state index in [1.807, 2.05) is 6.07 Å². The molecular weight excluding hydrogens is 301 g/mol. The van der Waals surface area contributed by atoms with E-state index < -0.39 is 17.3 Å². The fourth-order valence-electron chi connectivity index (χ4n) is 2.88. The number of aliphatic hydroxyl groups is 1. The van der Waals surface area contributed by atoms with Gasteiger partial charge >= 0.3 is 0 Å². The van der Waals surface area contributed by atoms with Crippen molar-refractivity contribution in [3.05, 3.63) is 40.8 Å². The molecule has 1 aromatic heterocycles. The van der Waals surface area contributed by atoms with E-state index in [1.54, 1.807) is 6.92 Å². The molecule has 1 atom stereocenters. The van der Waals surface area contributed by atoms with Gasteiger partial charge in [0.15, 0.2) is 0 Å². The van der Waals surface area contributed by atoms with Gasteiger partial charge in [-0.25, -0.2) is 9.07 Å². The van der Waals surface area contributed by atoms with Crippen LogP contribution in [0.1, 0.15) is 23.2 Å². The summed E-state index contributed by atoms with van der Waals surface area (Å²) in [5.74, 6) is -1.22. The smallest absolute Gasteiger partial charge is 0.266 e. The first-order chi connectivity index (χ1) is 10.9. The minimum Gasteiger partial charge on any atom is -0.384 e. The fourth-order valence-corrected chi connectivity index (χ4v) is 2.88. The van der Waals surface area contributed by atoms with Crippen LogP contribution in [0.25, 0.3) is 0 Å². The third-order valence-corrected chi connectivity index (χ3v) is 3.91. The average Bonchev–Trinajstić information content (AvgIpc) is 2.93. The number of fused-ring (bicyclic) bond motifs is 1. The van der Waals surface area contributed by atoms with Gasteiger partial charge < -0.3 is 16.2 Å². The third-order valence-electron chi connectivity index (χ3n) is 3.91. The van der Waals surface area contributed by atoms with Crippen molar-refractivity contribution in [2.75, 3.05) is 11.1 Å². The number of rotatable bonds is 3. The normalized spacial score (nSPS) is 19.3. The van der Waals surface area contributed by atoms with E-state index in [1.165, 1.54) is 16.8 Å². The number of amides is 1. The molecule has 23 heavy (non-hydrogen) atoms. The molecule has 1 aliphatic heterocycles. The molecule has 118 valence electrons. The van der Waals surface area contributed by atoms with Gasteiger partial charge in [0.05, 0.1) is 30.3 Å². The number of nitrogens with one attached hydrogen (secondary N) is 1. The number of benzene rings is 1. The number of nitrogens with zero attached hydrogens (tertiary/aromatic N) is 3. The number of halogens is 1. The quantitative estimate of drug-likeness (QED) is 0.781. The van der Waals surface area contributed by atoms with Crippen molar-refractivity contribution in [1.29, 1.82) is 5.26 Å². The molecule has 7 nitrogen and oxygen atoms in total. The SMILES string of the molecule is Cc1nn(CCC#N)c(N)c1[C@@]1(O)C(=O)Nc2ccc(F)cc21. The molecule has 0 spiro atoms. The predicted molar refractivity (Wildman–Crippen MR) is 79.6 cm³/mol. The highest BCUT2D eigenvalue weighted by molar-refractivity contribution is 6.08. The standard InChI is InChI=1S/C15H14FN5O2/c1-8-12(13(18)21(20-8)6-2-5-17)15(23)10-7-9(16)3-4-11(10)19-14(15)22/h3-4,7,23H,2,6,18H2,1H3,(H,19,22)/t15-/m1/s1. The van der Waals surface area contributed by atoms with Crippen molar-refractivity contribution < 1.29 is 14.3 Å². The van der Waals surface area contributed by atoms with Gasteiger partial charge in [-0.3, -0.25) is 4.79 Å². The van der Waals surface area contributed by atoms with Gasteiger partial charge in [-0.15, -0.1) is 0 Å². The molecule has 1 amide bonds. The van der Waals surface area contributed by atoms with Gasteiger partial charge in [0.1, 0.15) is 11.6 Å². The molecule has 8 heteroatoms. The Hall–Kier alpha value is -2.92. The molecular formula is C15H14FN5O2. The van der Waals surface area contributed by atoms with Crippen molar-refractivity contribution in [3.8, 4) is 6.07 Å². The highest BCUT2D eigenvalue weighted by Crippen LogP contribution is 2.44. The molecule has 0 radical (unpaired) electrons. The van der Waals surface area contributed by atoms with Crippen LogP contribution in [0, 0.1) is 24.1 Å². The lowest BCUT2D eigenvalue weighted by atomic mass is 9.87. The molecule has 3 rings (SSSR count). The van der Waals surface area contributed by atoms with E-state index in [-0.39, 0.29) is 29.9 Å². The fraction of sp³-hybridized carbons (Fsp3) is 0.267. The second-order valence-electron chi connectivity index (χ2n) is 5.33. The number of anilines is 2. The second-order valence-corrected chi connectivity index (χ2v) is 5.33. The van der Waals surface area contributed by atoms with E-state index in [2.05, 4.69) is 10.4 Å². The molecule has 1 aromatic carbocycles.